The number of aliphatic carboxylic acids is 1. The van der Waals surface area contributed by atoms with Crippen LogP contribution < -0.4 is 5.56 Å². The minimum atomic E-state index is -1.02. The summed E-state index contributed by atoms with van der Waals surface area (Å²) in [6, 6.07) is 5.12. The van der Waals surface area contributed by atoms with E-state index >= 15 is 0 Å². The second-order valence-corrected chi connectivity index (χ2v) is 7.03. The van der Waals surface area contributed by atoms with E-state index in [0.29, 0.717) is 36.7 Å². The first-order valence-electron chi connectivity index (χ1n) is 8.77. The number of carbonyl (C=O) groups excluding carboxylic acids is 1. The highest BCUT2D eigenvalue weighted by atomic mass is 16.4. The molecule has 3 rings (SSSR count). The number of carboxylic acid groups (broad SMARTS) is 1. The van der Waals surface area contributed by atoms with Gasteiger partial charge in [-0.3, -0.25) is 9.59 Å². The van der Waals surface area contributed by atoms with Crippen molar-refractivity contribution in [3.63, 3.8) is 0 Å². The van der Waals surface area contributed by atoms with Crippen molar-refractivity contribution in [2.45, 2.75) is 45.2 Å². The summed E-state index contributed by atoms with van der Waals surface area (Å²) in [5.74, 6) is -1.28. The molecule has 1 aliphatic rings. The number of fused-ring (bicyclic) bond motifs is 1. The molecule has 0 bridgehead atoms. The molecule has 0 spiro atoms. The molecule has 2 heterocycles. The van der Waals surface area contributed by atoms with Gasteiger partial charge in [0.2, 0.25) is 5.91 Å². The Hall–Kier alpha value is -2.77. The molecule has 1 aromatic carbocycles. The van der Waals surface area contributed by atoms with Gasteiger partial charge < -0.3 is 10.0 Å². The summed E-state index contributed by atoms with van der Waals surface area (Å²) >= 11 is 0. The minimum absolute atomic E-state index is 0.120. The summed E-state index contributed by atoms with van der Waals surface area (Å²) in [7, 11) is 0. The lowest BCUT2D eigenvalue weighted by Crippen LogP contribution is -2.46. The maximum absolute atomic E-state index is 13.1. The van der Waals surface area contributed by atoms with Gasteiger partial charge in [0.05, 0.1) is 5.39 Å². The molecule has 1 aliphatic heterocycles. The molecule has 0 saturated carbocycles. The van der Waals surface area contributed by atoms with Gasteiger partial charge in [0, 0.05) is 6.54 Å². The first kappa shape index (κ1) is 18.0. The van der Waals surface area contributed by atoms with E-state index < -0.39 is 18.1 Å². The van der Waals surface area contributed by atoms with E-state index in [-0.39, 0.29) is 17.4 Å². The van der Waals surface area contributed by atoms with E-state index in [0.717, 1.165) is 4.68 Å². The predicted molar refractivity (Wildman–Crippen MR) is 94.7 cm³/mol. The molecular weight excluding hydrogens is 336 g/mol. The largest absolute Gasteiger partial charge is 0.480 e. The zero-order valence-electron chi connectivity index (χ0n) is 14.8. The summed E-state index contributed by atoms with van der Waals surface area (Å²) in [4.78, 5) is 38.8. The van der Waals surface area contributed by atoms with Gasteiger partial charge in [-0.1, -0.05) is 31.2 Å². The normalized spacial score (nSPS) is 18.4. The number of carboxylic acids is 1. The second-order valence-electron chi connectivity index (χ2n) is 7.03. The van der Waals surface area contributed by atoms with Gasteiger partial charge in [0.15, 0.2) is 0 Å². The predicted octanol–water partition coefficient (Wildman–Crippen LogP) is 1.45. The summed E-state index contributed by atoms with van der Waals surface area (Å²) in [6.07, 6.45) is 1.44. The van der Waals surface area contributed by atoms with Crippen molar-refractivity contribution in [3.8, 4) is 0 Å². The lowest BCUT2D eigenvalue weighted by atomic mass is 10.0. The van der Waals surface area contributed by atoms with Crippen LogP contribution in [0, 0.1) is 5.92 Å². The Bertz CT molecular complexity index is 892. The van der Waals surface area contributed by atoms with Crippen LogP contribution in [0.1, 0.15) is 39.2 Å². The van der Waals surface area contributed by atoms with Gasteiger partial charge in [0.25, 0.3) is 5.56 Å². The van der Waals surface area contributed by atoms with Crippen LogP contribution in [0.5, 0.6) is 0 Å². The SMILES string of the molecule is CC(C)C[C@@H](C(=O)N1CCC[C@@H]1C(=O)O)n1nnc2ccccc2c1=O. The lowest BCUT2D eigenvalue weighted by molar-refractivity contribution is -0.150. The third-order valence-corrected chi connectivity index (χ3v) is 4.69. The van der Waals surface area contributed by atoms with Crippen molar-refractivity contribution in [2.75, 3.05) is 6.54 Å². The molecule has 138 valence electrons. The van der Waals surface area contributed by atoms with Crippen molar-refractivity contribution in [1.82, 2.24) is 19.9 Å². The van der Waals surface area contributed by atoms with Crippen molar-refractivity contribution >= 4 is 22.8 Å². The molecule has 1 amide bonds. The Kier molecular flexibility index (Phi) is 5.01. The van der Waals surface area contributed by atoms with Crippen LogP contribution in [0.15, 0.2) is 29.1 Å². The lowest BCUT2D eigenvalue weighted by Gasteiger charge is -2.27. The number of benzene rings is 1. The number of nitrogens with zero attached hydrogens (tertiary/aromatic N) is 4. The highest BCUT2D eigenvalue weighted by molar-refractivity contribution is 5.87. The molecule has 8 nitrogen and oxygen atoms in total. The Balaban J connectivity index is 2.04. The number of carbonyl (C=O) groups is 2. The van der Waals surface area contributed by atoms with E-state index in [1.54, 1.807) is 24.3 Å². The Morgan fingerprint density at radius 3 is 2.73 bits per heavy atom. The Morgan fingerprint density at radius 1 is 1.31 bits per heavy atom. The maximum atomic E-state index is 13.1. The molecule has 8 heteroatoms. The number of rotatable bonds is 5. The molecule has 1 aromatic heterocycles. The molecule has 1 saturated heterocycles. The first-order valence-corrected chi connectivity index (χ1v) is 8.77. The van der Waals surface area contributed by atoms with Crippen LogP contribution in [0.3, 0.4) is 0 Å². The topological polar surface area (TPSA) is 105 Å². The fourth-order valence-electron chi connectivity index (χ4n) is 3.44. The van der Waals surface area contributed by atoms with E-state index in [2.05, 4.69) is 10.3 Å². The monoisotopic (exact) mass is 358 g/mol. The average Bonchev–Trinajstić information content (AvgIpc) is 3.10. The van der Waals surface area contributed by atoms with Crippen LogP contribution in [0.4, 0.5) is 0 Å². The fourth-order valence-corrected chi connectivity index (χ4v) is 3.44. The Morgan fingerprint density at radius 2 is 2.04 bits per heavy atom. The van der Waals surface area contributed by atoms with Gasteiger partial charge in [0.1, 0.15) is 17.6 Å². The van der Waals surface area contributed by atoms with Crippen molar-refractivity contribution in [2.24, 2.45) is 5.92 Å². The zero-order chi connectivity index (χ0) is 18.8. The van der Waals surface area contributed by atoms with Crippen molar-refractivity contribution in [3.05, 3.63) is 34.6 Å². The average molecular weight is 358 g/mol. The van der Waals surface area contributed by atoms with Crippen LogP contribution in [-0.4, -0.2) is 49.5 Å². The smallest absolute Gasteiger partial charge is 0.326 e. The van der Waals surface area contributed by atoms with Crippen LogP contribution in [0.2, 0.25) is 0 Å². The van der Waals surface area contributed by atoms with Crippen molar-refractivity contribution < 1.29 is 14.7 Å². The van der Waals surface area contributed by atoms with Crippen molar-refractivity contribution in [1.29, 1.82) is 0 Å². The molecule has 26 heavy (non-hydrogen) atoms. The summed E-state index contributed by atoms with van der Waals surface area (Å²) in [5.41, 5.74) is 0.0785. The fraction of sp³-hybridized carbons (Fsp3) is 0.500. The Labute approximate surface area is 150 Å². The van der Waals surface area contributed by atoms with Gasteiger partial charge in [-0.25, -0.2) is 4.79 Å². The third-order valence-electron chi connectivity index (χ3n) is 4.69. The van der Waals surface area contributed by atoms with E-state index in [4.69, 9.17) is 0 Å². The van der Waals surface area contributed by atoms with E-state index in [9.17, 15) is 19.5 Å². The molecule has 1 N–H and O–H groups in total. The van der Waals surface area contributed by atoms with Crippen LogP contribution >= 0.6 is 0 Å². The molecule has 0 aliphatic carbocycles. The third kappa shape index (κ3) is 3.31. The number of aromatic nitrogens is 3. The molecule has 0 radical (unpaired) electrons. The second kappa shape index (κ2) is 7.23. The zero-order valence-corrected chi connectivity index (χ0v) is 14.8. The van der Waals surface area contributed by atoms with E-state index in [1.807, 2.05) is 13.8 Å². The van der Waals surface area contributed by atoms with Gasteiger partial charge in [-0.05, 0) is 37.3 Å². The minimum Gasteiger partial charge on any atom is -0.480 e. The standard InChI is InChI=1S/C18H22N4O4/c1-11(2)10-15(17(24)21-9-5-8-14(21)18(25)26)22-16(23)12-6-3-4-7-13(12)19-20-22/h3-4,6-7,11,14-15H,5,8-10H2,1-2H3,(H,25,26)/t14-,15+/m1/s1. The van der Waals surface area contributed by atoms with Gasteiger partial charge in [-0.2, -0.15) is 4.68 Å². The maximum Gasteiger partial charge on any atom is 0.326 e. The number of hydrogen-bond donors (Lipinski definition) is 1. The molecular formula is C18H22N4O4. The molecule has 2 atom stereocenters. The van der Waals surface area contributed by atoms with Crippen LogP contribution in [-0.2, 0) is 9.59 Å². The molecule has 2 aromatic rings. The molecule has 1 fully saturated rings. The summed E-state index contributed by atoms with van der Waals surface area (Å²) < 4.78 is 1.11. The quantitative estimate of drug-likeness (QED) is 0.867. The summed E-state index contributed by atoms with van der Waals surface area (Å²) in [6.45, 7) is 4.26. The number of amides is 1. The first-order chi connectivity index (χ1) is 12.4. The highest BCUT2D eigenvalue weighted by Gasteiger charge is 2.38. The van der Waals surface area contributed by atoms with Gasteiger partial charge in [-0.15, -0.1) is 5.10 Å². The molecule has 0 unspecified atom stereocenters. The highest BCUT2D eigenvalue weighted by Crippen LogP contribution is 2.25. The van der Waals surface area contributed by atoms with Crippen LogP contribution in [0.25, 0.3) is 10.9 Å². The van der Waals surface area contributed by atoms with Gasteiger partial charge >= 0.3 is 5.97 Å². The van der Waals surface area contributed by atoms with E-state index in [1.165, 1.54) is 4.90 Å². The number of hydrogen-bond acceptors (Lipinski definition) is 5. The summed E-state index contributed by atoms with van der Waals surface area (Å²) in [5, 5.41) is 17.8. The number of likely N-dealkylation sites (tertiary alicyclic amines) is 1.